The van der Waals surface area contributed by atoms with E-state index in [1.165, 1.54) is 0 Å². The summed E-state index contributed by atoms with van der Waals surface area (Å²) in [5.74, 6) is 0.00283. The molecule has 0 aliphatic carbocycles. The van der Waals surface area contributed by atoms with Gasteiger partial charge in [-0.2, -0.15) is 0 Å². The molecule has 1 aromatic heterocycles. The van der Waals surface area contributed by atoms with E-state index >= 15 is 0 Å². The molecule has 1 aliphatic heterocycles. The molecule has 0 saturated carbocycles. The standard InChI is InChI=1S/C22H26N2O3/c25-21(12-7-15-27-17-18-8-2-1-3-9-18)24-14-6-10-19(16-24)22(26)20-11-4-5-13-23-20/h1-5,8-9,11,13,19H,6-7,10,12,14-17H2/t19-/m0/s1. The molecule has 1 aliphatic rings. The van der Waals surface area contributed by atoms with Crippen LogP contribution in [0.2, 0.25) is 0 Å². The normalized spacial score (nSPS) is 16.9. The highest BCUT2D eigenvalue weighted by atomic mass is 16.5. The third kappa shape index (κ3) is 5.73. The van der Waals surface area contributed by atoms with Crippen LogP contribution >= 0.6 is 0 Å². The molecular weight excluding hydrogens is 340 g/mol. The van der Waals surface area contributed by atoms with Crippen LogP contribution < -0.4 is 0 Å². The van der Waals surface area contributed by atoms with Gasteiger partial charge in [-0.1, -0.05) is 36.4 Å². The Balaban J connectivity index is 1.40. The number of ketones is 1. The first-order chi connectivity index (χ1) is 13.2. The summed E-state index contributed by atoms with van der Waals surface area (Å²) in [6.45, 7) is 2.36. The van der Waals surface area contributed by atoms with Crippen LogP contribution in [0.1, 0.15) is 41.7 Å². The highest BCUT2D eigenvalue weighted by molar-refractivity contribution is 5.96. The lowest BCUT2D eigenvalue weighted by Gasteiger charge is -2.32. The minimum Gasteiger partial charge on any atom is -0.377 e. The van der Waals surface area contributed by atoms with Gasteiger partial charge in [0.25, 0.3) is 0 Å². The number of benzene rings is 1. The number of carbonyl (C=O) groups excluding carboxylic acids is 2. The summed E-state index contributed by atoms with van der Waals surface area (Å²) >= 11 is 0. The largest absolute Gasteiger partial charge is 0.377 e. The molecule has 1 aromatic carbocycles. The van der Waals surface area contributed by atoms with E-state index in [0.29, 0.717) is 38.3 Å². The summed E-state index contributed by atoms with van der Waals surface area (Å²) < 4.78 is 5.64. The van der Waals surface area contributed by atoms with Gasteiger partial charge in [0.05, 0.1) is 6.61 Å². The van der Waals surface area contributed by atoms with E-state index in [1.54, 1.807) is 18.3 Å². The first-order valence-corrected chi connectivity index (χ1v) is 9.59. The van der Waals surface area contributed by atoms with Crippen molar-refractivity contribution in [1.29, 1.82) is 0 Å². The Morgan fingerprint density at radius 1 is 1.11 bits per heavy atom. The van der Waals surface area contributed by atoms with E-state index < -0.39 is 0 Å². The minimum absolute atomic E-state index is 0.0410. The molecule has 3 rings (SSSR count). The van der Waals surface area contributed by atoms with E-state index in [1.807, 2.05) is 41.3 Å². The van der Waals surface area contributed by atoms with Gasteiger partial charge >= 0.3 is 0 Å². The SMILES string of the molecule is O=C(c1ccccn1)[C@H]1CCCN(C(=O)CCCOCc2ccccc2)C1. The van der Waals surface area contributed by atoms with Gasteiger partial charge in [0.2, 0.25) is 5.91 Å². The molecule has 0 spiro atoms. The average Bonchev–Trinajstić information content (AvgIpc) is 2.74. The molecule has 1 atom stereocenters. The smallest absolute Gasteiger partial charge is 0.222 e. The predicted octanol–water partition coefficient (Wildman–Crippen LogP) is 3.50. The van der Waals surface area contributed by atoms with E-state index in [4.69, 9.17) is 4.74 Å². The Bertz CT molecular complexity index is 734. The number of nitrogens with zero attached hydrogens (tertiary/aromatic N) is 2. The fourth-order valence-electron chi connectivity index (χ4n) is 3.38. The zero-order chi connectivity index (χ0) is 18.9. The van der Waals surface area contributed by atoms with E-state index in [2.05, 4.69) is 4.98 Å². The second-order valence-electron chi connectivity index (χ2n) is 6.90. The lowest BCUT2D eigenvalue weighted by molar-refractivity contribution is -0.133. The summed E-state index contributed by atoms with van der Waals surface area (Å²) in [5.41, 5.74) is 1.63. The Morgan fingerprint density at radius 2 is 1.93 bits per heavy atom. The van der Waals surface area contributed by atoms with Crippen LogP contribution in [-0.4, -0.2) is 41.3 Å². The first kappa shape index (κ1) is 19.2. The molecule has 2 aromatic rings. The Hall–Kier alpha value is -2.53. The van der Waals surface area contributed by atoms with Crippen LogP contribution in [0.5, 0.6) is 0 Å². The zero-order valence-electron chi connectivity index (χ0n) is 15.5. The van der Waals surface area contributed by atoms with Gasteiger partial charge in [-0.3, -0.25) is 14.6 Å². The van der Waals surface area contributed by atoms with Crippen molar-refractivity contribution in [1.82, 2.24) is 9.88 Å². The monoisotopic (exact) mass is 366 g/mol. The minimum atomic E-state index is -0.146. The van der Waals surface area contributed by atoms with Gasteiger partial charge in [-0.05, 0) is 37.0 Å². The quantitative estimate of drug-likeness (QED) is 0.530. The molecule has 2 heterocycles. The fourth-order valence-corrected chi connectivity index (χ4v) is 3.38. The lowest BCUT2D eigenvalue weighted by Crippen LogP contribution is -2.42. The number of piperidine rings is 1. The molecular formula is C22H26N2O3. The number of carbonyl (C=O) groups is 2. The molecule has 0 bridgehead atoms. The fraction of sp³-hybridized carbons (Fsp3) is 0.409. The molecule has 5 heteroatoms. The van der Waals surface area contributed by atoms with Crippen LogP contribution in [-0.2, 0) is 16.1 Å². The maximum Gasteiger partial charge on any atom is 0.222 e. The van der Waals surface area contributed by atoms with Crippen molar-refractivity contribution in [2.75, 3.05) is 19.7 Å². The zero-order valence-corrected chi connectivity index (χ0v) is 15.5. The van der Waals surface area contributed by atoms with Crippen molar-refractivity contribution < 1.29 is 14.3 Å². The van der Waals surface area contributed by atoms with Gasteiger partial charge < -0.3 is 9.64 Å². The summed E-state index contributed by atoms with van der Waals surface area (Å²) in [7, 11) is 0. The van der Waals surface area contributed by atoms with Crippen molar-refractivity contribution in [2.24, 2.45) is 5.92 Å². The van der Waals surface area contributed by atoms with Crippen LogP contribution in [0.3, 0.4) is 0 Å². The third-order valence-corrected chi connectivity index (χ3v) is 4.85. The topological polar surface area (TPSA) is 59.5 Å². The summed E-state index contributed by atoms with van der Waals surface area (Å²) in [5, 5.41) is 0. The number of hydrogen-bond donors (Lipinski definition) is 0. The molecule has 0 N–H and O–H groups in total. The predicted molar refractivity (Wildman–Crippen MR) is 103 cm³/mol. The average molecular weight is 366 g/mol. The number of ether oxygens (including phenoxy) is 1. The van der Waals surface area contributed by atoms with E-state index in [-0.39, 0.29) is 17.6 Å². The van der Waals surface area contributed by atoms with Crippen molar-refractivity contribution >= 4 is 11.7 Å². The summed E-state index contributed by atoms with van der Waals surface area (Å²) in [6.07, 6.45) is 4.47. The highest BCUT2D eigenvalue weighted by Gasteiger charge is 2.29. The van der Waals surface area contributed by atoms with Crippen LogP contribution in [0.4, 0.5) is 0 Å². The molecule has 142 valence electrons. The second kappa shape index (κ2) is 9.97. The second-order valence-corrected chi connectivity index (χ2v) is 6.90. The van der Waals surface area contributed by atoms with Gasteiger partial charge in [-0.25, -0.2) is 0 Å². The molecule has 1 saturated heterocycles. The molecule has 0 unspecified atom stereocenters. The number of rotatable bonds is 8. The van der Waals surface area contributed by atoms with Crippen LogP contribution in [0.25, 0.3) is 0 Å². The lowest BCUT2D eigenvalue weighted by atomic mass is 9.91. The molecule has 1 fully saturated rings. The first-order valence-electron chi connectivity index (χ1n) is 9.59. The maximum absolute atomic E-state index is 12.6. The van der Waals surface area contributed by atoms with Crippen molar-refractivity contribution in [3.63, 3.8) is 0 Å². The van der Waals surface area contributed by atoms with E-state index in [9.17, 15) is 9.59 Å². The number of pyridine rings is 1. The van der Waals surface area contributed by atoms with Gasteiger partial charge in [0, 0.05) is 38.2 Å². The van der Waals surface area contributed by atoms with Gasteiger partial charge in [0.1, 0.15) is 5.69 Å². The maximum atomic E-state index is 12.6. The van der Waals surface area contributed by atoms with Crippen molar-refractivity contribution in [3.05, 3.63) is 66.0 Å². The van der Waals surface area contributed by atoms with Gasteiger partial charge in [0.15, 0.2) is 5.78 Å². The summed E-state index contributed by atoms with van der Waals surface area (Å²) in [6, 6.07) is 15.4. The Labute approximate surface area is 160 Å². The molecule has 1 amide bonds. The number of hydrogen-bond acceptors (Lipinski definition) is 4. The van der Waals surface area contributed by atoms with E-state index in [0.717, 1.165) is 24.9 Å². The number of Topliss-reactive ketones (excluding diaryl/α,β-unsaturated/α-hetero) is 1. The van der Waals surface area contributed by atoms with Crippen LogP contribution in [0, 0.1) is 5.92 Å². The number of likely N-dealkylation sites (tertiary alicyclic amines) is 1. The molecule has 5 nitrogen and oxygen atoms in total. The highest BCUT2D eigenvalue weighted by Crippen LogP contribution is 2.21. The number of amides is 1. The van der Waals surface area contributed by atoms with Crippen molar-refractivity contribution in [3.8, 4) is 0 Å². The summed E-state index contributed by atoms with van der Waals surface area (Å²) in [4.78, 5) is 31.0. The Morgan fingerprint density at radius 3 is 2.70 bits per heavy atom. The Kier molecular flexibility index (Phi) is 7.11. The number of aromatic nitrogens is 1. The van der Waals surface area contributed by atoms with Crippen molar-refractivity contribution in [2.45, 2.75) is 32.3 Å². The molecule has 0 radical (unpaired) electrons. The molecule has 27 heavy (non-hydrogen) atoms. The van der Waals surface area contributed by atoms with Gasteiger partial charge in [-0.15, -0.1) is 0 Å². The van der Waals surface area contributed by atoms with Crippen LogP contribution in [0.15, 0.2) is 54.7 Å². The third-order valence-electron chi connectivity index (χ3n) is 4.85.